The van der Waals surface area contributed by atoms with Gasteiger partial charge in [0.25, 0.3) is 25.9 Å². The number of nitro benzene ring substituents is 1. The van der Waals surface area contributed by atoms with Crippen molar-refractivity contribution in [3.8, 4) is 5.75 Å². The maximum absolute atomic E-state index is 11.8. The number of fused-ring (bicyclic) bond motifs is 1. The molecule has 164 valence electrons. The number of non-ortho nitro benzene ring substituents is 1. The minimum atomic E-state index is -4.99. The van der Waals surface area contributed by atoms with E-state index in [-0.39, 0.29) is 58.8 Å². The molecule has 0 aromatic heterocycles. The van der Waals surface area contributed by atoms with Crippen molar-refractivity contribution in [2.45, 2.75) is 9.79 Å². The molecule has 0 aliphatic carbocycles. The van der Waals surface area contributed by atoms with Gasteiger partial charge in [-0.15, -0.1) is 5.11 Å². The van der Waals surface area contributed by atoms with Gasteiger partial charge in [0.2, 0.25) is 0 Å². The van der Waals surface area contributed by atoms with Crippen molar-refractivity contribution in [2.24, 2.45) is 10.2 Å². The third-order valence-electron chi connectivity index (χ3n) is 4.06. The number of nitrogen functional groups attached to an aromatic ring is 1. The molecule has 3 aromatic carbocycles. The van der Waals surface area contributed by atoms with Gasteiger partial charge >= 0.3 is 29.6 Å². The molecule has 0 bridgehead atoms. The molecule has 0 spiro atoms. The number of hydrogen-bond donors (Lipinski definition) is 4. The molecule has 0 aliphatic heterocycles. The number of phenols is 1. The van der Waals surface area contributed by atoms with Gasteiger partial charge < -0.3 is 12.3 Å². The van der Waals surface area contributed by atoms with Gasteiger partial charge in [0, 0.05) is 23.2 Å². The van der Waals surface area contributed by atoms with Gasteiger partial charge in [0.15, 0.2) is 5.75 Å². The van der Waals surface area contributed by atoms with Crippen LogP contribution in [0.25, 0.3) is 10.8 Å². The average Bonchev–Trinajstić information content (AvgIpc) is 2.65. The zero-order chi connectivity index (χ0) is 23.1. The Bertz CT molecular complexity index is 1480. The summed E-state index contributed by atoms with van der Waals surface area (Å²) in [7, 11) is -9.69. The Hall–Kier alpha value is -2.66. The Kier molecular flexibility index (Phi) is 7.25. The number of benzene rings is 3. The Balaban J connectivity index is 0.00000272. The van der Waals surface area contributed by atoms with E-state index < -0.39 is 46.4 Å². The summed E-state index contributed by atoms with van der Waals surface area (Å²) in [5.74, 6) is -0.838. The van der Waals surface area contributed by atoms with Gasteiger partial charge in [-0.2, -0.15) is 21.9 Å². The van der Waals surface area contributed by atoms with Gasteiger partial charge in [-0.25, -0.2) is 0 Å². The first-order valence-corrected chi connectivity index (χ1v) is 10.9. The zero-order valence-corrected chi connectivity index (χ0v) is 19.7. The summed E-state index contributed by atoms with van der Waals surface area (Å²) < 4.78 is 65.1. The Labute approximate surface area is 204 Å². The van der Waals surface area contributed by atoms with Crippen LogP contribution in [0.4, 0.5) is 22.7 Å². The molecule has 32 heavy (non-hydrogen) atoms. The number of anilines is 1. The molecule has 0 fully saturated rings. The normalized spacial score (nSPS) is 12.1. The van der Waals surface area contributed by atoms with Crippen LogP contribution in [-0.2, 0) is 20.2 Å². The molecule has 3 rings (SSSR count). The smallest absolute Gasteiger partial charge is 1.00 e. The third-order valence-corrected chi connectivity index (χ3v) is 5.75. The Morgan fingerprint density at radius 3 is 2.06 bits per heavy atom. The fourth-order valence-corrected chi connectivity index (χ4v) is 3.89. The molecule has 0 amide bonds. The topological polar surface area (TPSA) is 223 Å². The molecule has 0 atom stereocenters. The summed E-state index contributed by atoms with van der Waals surface area (Å²) in [4.78, 5) is 8.46. The number of nitro groups is 1. The second-order valence-corrected chi connectivity index (χ2v) is 8.92. The Morgan fingerprint density at radius 1 is 0.969 bits per heavy atom. The van der Waals surface area contributed by atoms with E-state index in [2.05, 4.69) is 10.2 Å². The first kappa shape index (κ1) is 25.6. The average molecular weight is 492 g/mol. The predicted molar refractivity (Wildman–Crippen MR) is 108 cm³/mol. The van der Waals surface area contributed by atoms with Crippen molar-refractivity contribution >= 4 is 53.8 Å². The molecule has 0 heterocycles. The quantitative estimate of drug-likeness (QED) is 0.0935. The number of rotatable bonds is 5. The minimum Gasteiger partial charge on any atom is -1.00 e. The van der Waals surface area contributed by atoms with Crippen LogP contribution in [0, 0.1) is 10.1 Å². The van der Waals surface area contributed by atoms with E-state index >= 15 is 0 Å². The zero-order valence-electron chi connectivity index (χ0n) is 17.1. The number of nitrogens with zero attached hydrogens (tertiary/aromatic N) is 3. The van der Waals surface area contributed by atoms with E-state index in [0.717, 1.165) is 30.3 Å². The SMILES string of the molecule is Nc1cc(S(=O)(=O)O)cc2cc(S(=O)(=O)O)c(N=Nc3ccc([N+](=O)[O-])cc3)c(O)c12.[H-].[Na+]. The molecule has 0 aliphatic rings. The van der Waals surface area contributed by atoms with Gasteiger partial charge in [-0.3, -0.25) is 19.2 Å². The number of phenolic OH excluding ortho intramolecular Hbond substituents is 1. The van der Waals surface area contributed by atoms with Crippen LogP contribution in [0.5, 0.6) is 5.75 Å². The van der Waals surface area contributed by atoms with Crippen LogP contribution in [0.3, 0.4) is 0 Å². The molecule has 13 nitrogen and oxygen atoms in total. The monoisotopic (exact) mass is 492 g/mol. The van der Waals surface area contributed by atoms with Crippen LogP contribution in [0.2, 0.25) is 0 Å². The number of hydrogen-bond acceptors (Lipinski definition) is 10. The van der Waals surface area contributed by atoms with Gasteiger partial charge in [-0.1, -0.05) is 0 Å². The molecular formula is C16H13N4NaO9S2. The Morgan fingerprint density at radius 2 is 1.56 bits per heavy atom. The molecule has 0 unspecified atom stereocenters. The second kappa shape index (κ2) is 9.07. The third kappa shape index (κ3) is 5.21. The van der Waals surface area contributed by atoms with Crippen molar-refractivity contribution in [1.29, 1.82) is 0 Å². The maximum atomic E-state index is 11.8. The van der Waals surface area contributed by atoms with Crippen LogP contribution >= 0.6 is 0 Å². The van der Waals surface area contributed by atoms with Crippen molar-refractivity contribution in [3.05, 3.63) is 52.6 Å². The van der Waals surface area contributed by atoms with E-state index in [9.17, 15) is 41.2 Å². The first-order valence-electron chi connectivity index (χ1n) is 7.99. The van der Waals surface area contributed by atoms with Crippen molar-refractivity contribution < 1.29 is 67.0 Å². The summed E-state index contributed by atoms with van der Waals surface area (Å²) in [6.07, 6.45) is 0. The van der Waals surface area contributed by atoms with E-state index in [1.54, 1.807) is 0 Å². The van der Waals surface area contributed by atoms with Crippen LogP contribution in [0.15, 0.2) is 62.5 Å². The fraction of sp³-hybridized carbons (Fsp3) is 0. The van der Waals surface area contributed by atoms with Crippen LogP contribution in [0.1, 0.15) is 1.43 Å². The van der Waals surface area contributed by atoms with Crippen LogP contribution in [-0.4, -0.2) is 36.0 Å². The summed E-state index contributed by atoms with van der Waals surface area (Å²) in [6, 6.07) is 7.12. The van der Waals surface area contributed by atoms with E-state index in [0.29, 0.717) is 0 Å². The number of nitrogens with two attached hydrogens (primary N) is 1. The number of aromatic hydroxyl groups is 1. The molecular weight excluding hydrogens is 479 g/mol. The van der Waals surface area contributed by atoms with Crippen molar-refractivity contribution in [1.82, 2.24) is 0 Å². The van der Waals surface area contributed by atoms with E-state index in [1.807, 2.05) is 0 Å². The summed E-state index contributed by atoms with van der Waals surface area (Å²) in [6.45, 7) is 0. The van der Waals surface area contributed by atoms with Crippen molar-refractivity contribution in [2.75, 3.05) is 5.73 Å². The molecule has 0 saturated heterocycles. The van der Waals surface area contributed by atoms with Gasteiger partial charge in [0.05, 0.1) is 15.5 Å². The summed E-state index contributed by atoms with van der Waals surface area (Å²) >= 11 is 0. The van der Waals surface area contributed by atoms with Gasteiger partial charge in [-0.05, 0) is 35.7 Å². The second-order valence-electron chi connectivity index (χ2n) is 6.11. The van der Waals surface area contributed by atoms with Gasteiger partial charge in [0.1, 0.15) is 10.6 Å². The molecule has 5 N–H and O–H groups in total. The summed E-state index contributed by atoms with van der Waals surface area (Å²) in [5, 5.41) is 28.1. The fourth-order valence-electron chi connectivity index (χ4n) is 2.68. The van der Waals surface area contributed by atoms with E-state index in [1.165, 1.54) is 12.1 Å². The first-order chi connectivity index (χ1) is 14.3. The van der Waals surface area contributed by atoms with Crippen molar-refractivity contribution in [3.63, 3.8) is 0 Å². The molecule has 3 aromatic rings. The van der Waals surface area contributed by atoms with Crippen LogP contribution < -0.4 is 35.3 Å². The maximum Gasteiger partial charge on any atom is 1.00 e. The minimum absolute atomic E-state index is 0. The molecule has 0 radical (unpaired) electrons. The number of azo groups is 1. The largest absolute Gasteiger partial charge is 1.00 e. The standard InChI is InChI=1S/C16H12N4O9S2.Na.H/c17-12-7-11(30(24,25)26)5-8-6-13(31(27,28)29)15(16(21)14(8)12)19-18-9-1-3-10(4-2-9)20(22)23;;/h1-7,21H,17H2,(H,24,25,26)(H,27,28,29);;/q;+1;-1. The predicted octanol–water partition coefficient (Wildman–Crippen LogP) is 0.0611. The molecule has 0 saturated carbocycles. The molecule has 16 heteroatoms. The summed E-state index contributed by atoms with van der Waals surface area (Å²) in [5.41, 5.74) is 4.53. The van der Waals surface area contributed by atoms with E-state index in [4.69, 9.17) is 5.73 Å².